The number of ether oxygens (including phenoxy) is 1. The van der Waals surface area contributed by atoms with Gasteiger partial charge in [-0.3, -0.25) is 0 Å². The van der Waals surface area contributed by atoms with Gasteiger partial charge in [0, 0.05) is 12.3 Å². The Morgan fingerprint density at radius 3 is 2.23 bits per heavy atom. The second-order valence-corrected chi connectivity index (χ2v) is 5.99. The van der Waals surface area contributed by atoms with Crippen molar-refractivity contribution in [2.45, 2.75) is 25.3 Å². The molecule has 0 spiro atoms. The first kappa shape index (κ1) is 17.6. The highest BCUT2D eigenvalue weighted by Crippen LogP contribution is 2.44. The molecular weight excluding hydrogens is 330 g/mol. The Kier molecular flexibility index (Phi) is 5.23. The van der Waals surface area contributed by atoms with Crippen LogP contribution in [0.4, 0.5) is 4.79 Å². The van der Waals surface area contributed by atoms with Crippen LogP contribution < -0.4 is 5.32 Å². The standard InChI is InChI=1S/C21H19NO4/c1-2-3-12-19(20(23)24)22-21(25)26-13-18-16-10-6-4-8-14(16)15-9-5-7-11-17(15)18/h4-11,18-19H,12-13H2,1H3,(H,22,25)(H,23,24)/t19-/m0/s1. The molecule has 0 unspecified atom stereocenters. The van der Waals surface area contributed by atoms with Crippen LogP contribution in [-0.2, 0) is 9.53 Å². The number of fused-ring (bicyclic) bond motifs is 3. The van der Waals surface area contributed by atoms with Gasteiger partial charge in [0.05, 0.1) is 0 Å². The van der Waals surface area contributed by atoms with Gasteiger partial charge in [0.2, 0.25) is 0 Å². The van der Waals surface area contributed by atoms with Gasteiger partial charge in [-0.25, -0.2) is 9.59 Å². The Morgan fingerprint density at radius 2 is 1.69 bits per heavy atom. The van der Waals surface area contributed by atoms with Crippen molar-refractivity contribution in [3.63, 3.8) is 0 Å². The second-order valence-electron chi connectivity index (χ2n) is 5.99. The number of carbonyl (C=O) groups is 2. The summed E-state index contributed by atoms with van der Waals surface area (Å²) in [6.45, 7) is 1.76. The Labute approximate surface area is 152 Å². The molecule has 1 aliphatic rings. The zero-order valence-electron chi connectivity index (χ0n) is 14.4. The smallest absolute Gasteiger partial charge is 0.407 e. The van der Waals surface area contributed by atoms with Crippen molar-refractivity contribution in [2.24, 2.45) is 0 Å². The number of aliphatic carboxylic acids is 1. The van der Waals surface area contributed by atoms with E-state index in [-0.39, 0.29) is 18.9 Å². The first-order chi connectivity index (χ1) is 12.6. The van der Waals surface area contributed by atoms with Crippen LogP contribution in [0.25, 0.3) is 11.1 Å². The van der Waals surface area contributed by atoms with Crippen LogP contribution in [-0.4, -0.2) is 29.8 Å². The highest BCUT2D eigenvalue weighted by molar-refractivity contribution is 5.81. The van der Waals surface area contributed by atoms with E-state index < -0.39 is 18.1 Å². The third-order valence-corrected chi connectivity index (χ3v) is 4.42. The Bertz CT molecular complexity index is 849. The molecule has 2 aromatic rings. The molecule has 0 radical (unpaired) electrons. The number of rotatable bonds is 5. The van der Waals surface area contributed by atoms with Crippen molar-refractivity contribution in [2.75, 3.05) is 6.61 Å². The molecule has 0 fully saturated rings. The minimum absolute atomic E-state index is 0.0377. The van der Waals surface area contributed by atoms with Gasteiger partial charge in [-0.2, -0.15) is 0 Å². The minimum Gasteiger partial charge on any atom is -0.480 e. The molecule has 0 saturated heterocycles. The summed E-state index contributed by atoms with van der Waals surface area (Å²) in [4.78, 5) is 23.2. The van der Waals surface area contributed by atoms with Crippen LogP contribution >= 0.6 is 0 Å². The Balaban J connectivity index is 1.70. The summed E-state index contributed by atoms with van der Waals surface area (Å²) in [5.74, 6) is 4.08. The maximum absolute atomic E-state index is 12.1. The topological polar surface area (TPSA) is 75.6 Å². The molecule has 0 aliphatic heterocycles. The van der Waals surface area contributed by atoms with E-state index in [1.54, 1.807) is 6.92 Å². The molecule has 132 valence electrons. The lowest BCUT2D eigenvalue weighted by Crippen LogP contribution is -2.41. The molecule has 0 bridgehead atoms. The molecule has 1 aliphatic carbocycles. The first-order valence-electron chi connectivity index (χ1n) is 8.35. The Hall–Kier alpha value is -3.26. The molecule has 3 rings (SSSR count). The van der Waals surface area contributed by atoms with Crippen molar-refractivity contribution in [3.05, 3.63) is 59.7 Å². The molecule has 5 nitrogen and oxygen atoms in total. The van der Waals surface area contributed by atoms with Crippen LogP contribution in [0.5, 0.6) is 0 Å². The zero-order valence-corrected chi connectivity index (χ0v) is 14.4. The third-order valence-electron chi connectivity index (χ3n) is 4.42. The summed E-state index contributed by atoms with van der Waals surface area (Å²) in [5.41, 5.74) is 4.48. The number of hydrogen-bond acceptors (Lipinski definition) is 3. The molecule has 1 atom stereocenters. The highest BCUT2D eigenvalue weighted by Gasteiger charge is 2.29. The van der Waals surface area contributed by atoms with E-state index in [0.29, 0.717) is 0 Å². The van der Waals surface area contributed by atoms with Crippen molar-refractivity contribution in [3.8, 4) is 23.0 Å². The summed E-state index contributed by atoms with van der Waals surface area (Å²) >= 11 is 0. The third kappa shape index (κ3) is 3.55. The molecule has 0 saturated carbocycles. The molecule has 26 heavy (non-hydrogen) atoms. The lowest BCUT2D eigenvalue weighted by atomic mass is 9.98. The van der Waals surface area contributed by atoms with E-state index >= 15 is 0 Å². The molecule has 2 N–H and O–H groups in total. The van der Waals surface area contributed by atoms with Crippen LogP contribution in [0.2, 0.25) is 0 Å². The number of benzene rings is 2. The fourth-order valence-corrected chi connectivity index (χ4v) is 3.19. The number of hydrogen-bond donors (Lipinski definition) is 2. The fourth-order valence-electron chi connectivity index (χ4n) is 3.19. The predicted octanol–water partition coefficient (Wildman–Crippen LogP) is 3.39. The zero-order chi connectivity index (χ0) is 18.5. The SMILES string of the molecule is CC#CC[C@H](NC(=O)OCC1c2ccccc2-c2ccccc21)C(=O)O. The second kappa shape index (κ2) is 7.75. The quantitative estimate of drug-likeness (QED) is 0.812. The first-order valence-corrected chi connectivity index (χ1v) is 8.35. The van der Waals surface area contributed by atoms with Crippen LogP contribution in [0.3, 0.4) is 0 Å². The number of nitrogens with one attached hydrogen (secondary N) is 1. The summed E-state index contributed by atoms with van der Waals surface area (Å²) in [5, 5.41) is 11.5. The van der Waals surface area contributed by atoms with Gasteiger partial charge in [0.25, 0.3) is 0 Å². The largest absolute Gasteiger partial charge is 0.480 e. The van der Waals surface area contributed by atoms with Crippen LogP contribution in [0, 0.1) is 11.8 Å². The van der Waals surface area contributed by atoms with Crippen LogP contribution in [0.1, 0.15) is 30.4 Å². The monoisotopic (exact) mass is 349 g/mol. The van der Waals surface area contributed by atoms with Crippen molar-refractivity contribution >= 4 is 12.1 Å². The van der Waals surface area contributed by atoms with Crippen LogP contribution in [0.15, 0.2) is 48.5 Å². The maximum atomic E-state index is 12.1. The molecular formula is C21H19NO4. The number of carboxylic acids is 1. The van der Waals surface area contributed by atoms with Gasteiger partial charge in [0.1, 0.15) is 12.6 Å². The van der Waals surface area contributed by atoms with E-state index in [1.807, 2.05) is 36.4 Å². The normalized spacial score (nSPS) is 13.0. The molecule has 1 amide bonds. The fraction of sp³-hybridized carbons (Fsp3) is 0.238. The van der Waals surface area contributed by atoms with Gasteiger partial charge < -0.3 is 15.2 Å². The van der Waals surface area contributed by atoms with E-state index in [0.717, 1.165) is 22.3 Å². The summed E-state index contributed by atoms with van der Waals surface area (Å²) < 4.78 is 5.34. The lowest BCUT2D eigenvalue weighted by Gasteiger charge is -2.16. The predicted molar refractivity (Wildman–Crippen MR) is 97.7 cm³/mol. The average Bonchev–Trinajstić information content (AvgIpc) is 2.97. The number of carboxylic acid groups (broad SMARTS) is 1. The number of alkyl carbamates (subject to hydrolysis) is 1. The number of amides is 1. The minimum atomic E-state index is -1.14. The van der Waals surface area contributed by atoms with Crippen molar-refractivity contribution in [1.29, 1.82) is 0 Å². The van der Waals surface area contributed by atoms with Gasteiger partial charge >= 0.3 is 12.1 Å². The van der Waals surface area contributed by atoms with E-state index in [9.17, 15) is 9.59 Å². The summed E-state index contributed by atoms with van der Waals surface area (Å²) in [7, 11) is 0. The van der Waals surface area contributed by atoms with E-state index in [2.05, 4.69) is 29.3 Å². The van der Waals surface area contributed by atoms with E-state index in [1.165, 1.54) is 0 Å². The summed E-state index contributed by atoms with van der Waals surface area (Å²) in [6, 6.07) is 15.0. The van der Waals surface area contributed by atoms with Crippen molar-refractivity contribution < 1.29 is 19.4 Å². The van der Waals surface area contributed by atoms with E-state index in [4.69, 9.17) is 9.84 Å². The average molecular weight is 349 g/mol. The van der Waals surface area contributed by atoms with Crippen molar-refractivity contribution in [1.82, 2.24) is 5.32 Å². The lowest BCUT2D eigenvalue weighted by molar-refractivity contribution is -0.139. The maximum Gasteiger partial charge on any atom is 0.407 e. The highest BCUT2D eigenvalue weighted by atomic mass is 16.5. The van der Waals surface area contributed by atoms with Gasteiger partial charge in [-0.15, -0.1) is 11.8 Å². The number of carbonyl (C=O) groups excluding carboxylic acids is 1. The Morgan fingerprint density at radius 1 is 1.12 bits per heavy atom. The van der Waals surface area contributed by atoms with Gasteiger partial charge in [-0.1, -0.05) is 48.5 Å². The van der Waals surface area contributed by atoms with Gasteiger partial charge in [-0.05, 0) is 29.2 Å². The van der Waals surface area contributed by atoms with Gasteiger partial charge in [0.15, 0.2) is 0 Å². The molecule has 5 heteroatoms. The molecule has 0 aromatic heterocycles. The summed E-state index contributed by atoms with van der Waals surface area (Å²) in [6.07, 6.45) is -0.715. The molecule has 2 aromatic carbocycles. The molecule has 0 heterocycles.